The molecule has 0 radical (unpaired) electrons. The van der Waals surface area contributed by atoms with Crippen molar-refractivity contribution >= 4 is 34.9 Å². The molecule has 2 aromatic carbocycles. The molecule has 0 spiro atoms. The molecule has 1 heterocycles. The van der Waals surface area contributed by atoms with Crippen molar-refractivity contribution in [2.45, 2.75) is 0 Å². The average molecular weight is 273 g/mol. The zero-order valence-electron chi connectivity index (χ0n) is 10.1. The van der Waals surface area contributed by atoms with Gasteiger partial charge in [-0.1, -0.05) is 24.3 Å². The normalized spacial score (nSPS) is 9.89. The lowest BCUT2D eigenvalue weighted by Crippen LogP contribution is -2.11. The van der Waals surface area contributed by atoms with Crippen LogP contribution in [0.4, 0.5) is 5.69 Å². The first-order valence-corrected chi connectivity index (χ1v) is 5.77. The van der Waals surface area contributed by atoms with Crippen LogP contribution in [0.1, 0.15) is 10.4 Å². The quantitative estimate of drug-likeness (QED) is 0.731. The first-order valence-electron chi connectivity index (χ1n) is 5.77. The van der Waals surface area contributed by atoms with Crippen molar-refractivity contribution in [2.75, 3.05) is 5.32 Å². The number of fused-ring (bicyclic) bond motifs is 1. The van der Waals surface area contributed by atoms with Crippen LogP contribution in [0.15, 0.2) is 60.8 Å². The molecule has 1 aromatic heterocycles. The van der Waals surface area contributed by atoms with Crippen LogP contribution >= 0.6 is 12.4 Å². The average Bonchev–Trinajstić information content (AvgIpc) is 2.89. The molecular weight excluding hydrogens is 260 g/mol. The number of carbonyl (C=O) groups is 1. The lowest BCUT2D eigenvalue weighted by atomic mass is 10.2. The van der Waals surface area contributed by atoms with E-state index in [1.165, 1.54) is 0 Å². The number of aromatic amines is 1. The maximum atomic E-state index is 12.1. The molecule has 4 heteroatoms. The summed E-state index contributed by atoms with van der Waals surface area (Å²) in [6.45, 7) is 0. The van der Waals surface area contributed by atoms with Gasteiger partial charge < -0.3 is 10.3 Å². The Morgan fingerprint density at radius 2 is 1.74 bits per heavy atom. The first kappa shape index (κ1) is 13.2. The summed E-state index contributed by atoms with van der Waals surface area (Å²) < 4.78 is 0. The fraction of sp³-hybridized carbons (Fsp3) is 0. The van der Waals surface area contributed by atoms with E-state index in [0.29, 0.717) is 5.56 Å². The van der Waals surface area contributed by atoms with Crippen LogP contribution in [0.2, 0.25) is 0 Å². The van der Waals surface area contributed by atoms with Crippen LogP contribution in [0.5, 0.6) is 0 Å². The molecule has 0 aliphatic rings. The van der Waals surface area contributed by atoms with Gasteiger partial charge in [0, 0.05) is 22.7 Å². The molecule has 3 aromatic rings. The predicted octanol–water partition coefficient (Wildman–Crippen LogP) is 3.84. The fourth-order valence-electron chi connectivity index (χ4n) is 1.98. The number of rotatable bonds is 2. The lowest BCUT2D eigenvalue weighted by Gasteiger charge is -2.06. The third-order valence-electron chi connectivity index (χ3n) is 2.88. The summed E-state index contributed by atoms with van der Waals surface area (Å²) in [5, 5.41) is 3.94. The number of aromatic nitrogens is 1. The predicted molar refractivity (Wildman–Crippen MR) is 79.9 cm³/mol. The highest BCUT2D eigenvalue weighted by Crippen LogP contribution is 2.22. The van der Waals surface area contributed by atoms with Crippen molar-refractivity contribution < 1.29 is 4.79 Å². The van der Waals surface area contributed by atoms with Gasteiger partial charge in [-0.25, -0.2) is 0 Å². The minimum absolute atomic E-state index is 0. The zero-order valence-corrected chi connectivity index (χ0v) is 10.9. The summed E-state index contributed by atoms with van der Waals surface area (Å²) in [4.78, 5) is 15.2. The smallest absolute Gasteiger partial charge is 0.255 e. The van der Waals surface area contributed by atoms with Gasteiger partial charge in [0.15, 0.2) is 0 Å². The first-order chi connectivity index (χ1) is 8.84. The van der Waals surface area contributed by atoms with Gasteiger partial charge in [0.25, 0.3) is 5.91 Å². The minimum Gasteiger partial charge on any atom is -0.361 e. The highest BCUT2D eigenvalue weighted by Gasteiger charge is 2.07. The van der Waals surface area contributed by atoms with Crippen molar-refractivity contribution in [1.82, 2.24) is 4.98 Å². The lowest BCUT2D eigenvalue weighted by molar-refractivity contribution is 0.102. The second-order valence-electron chi connectivity index (χ2n) is 4.06. The molecule has 0 fully saturated rings. The Morgan fingerprint density at radius 3 is 2.53 bits per heavy atom. The number of nitrogens with one attached hydrogen (secondary N) is 2. The fourth-order valence-corrected chi connectivity index (χ4v) is 1.98. The third-order valence-corrected chi connectivity index (χ3v) is 2.88. The SMILES string of the molecule is Cl.O=C(Nc1cccc2[nH]ccc12)c1ccccc1. The molecule has 0 aliphatic carbocycles. The Balaban J connectivity index is 0.00000133. The molecule has 1 amide bonds. The zero-order chi connectivity index (χ0) is 12.4. The molecule has 0 bridgehead atoms. The molecular formula is C15H13ClN2O. The molecule has 96 valence electrons. The maximum absolute atomic E-state index is 12.1. The molecule has 0 aliphatic heterocycles. The molecule has 3 nitrogen and oxygen atoms in total. The molecule has 0 saturated heterocycles. The van der Waals surface area contributed by atoms with Gasteiger partial charge in [0.2, 0.25) is 0 Å². The molecule has 3 rings (SSSR count). The number of carbonyl (C=O) groups excluding carboxylic acids is 1. The molecule has 0 saturated carbocycles. The summed E-state index contributed by atoms with van der Waals surface area (Å²) in [7, 11) is 0. The van der Waals surface area contributed by atoms with Gasteiger partial charge >= 0.3 is 0 Å². The van der Waals surface area contributed by atoms with Crippen LogP contribution in [0, 0.1) is 0 Å². The Labute approximate surface area is 117 Å². The number of halogens is 1. The molecule has 0 atom stereocenters. The van der Waals surface area contributed by atoms with E-state index in [4.69, 9.17) is 0 Å². The van der Waals surface area contributed by atoms with E-state index < -0.39 is 0 Å². The third kappa shape index (κ3) is 2.61. The highest BCUT2D eigenvalue weighted by atomic mass is 35.5. The van der Waals surface area contributed by atoms with Gasteiger partial charge in [-0.3, -0.25) is 4.79 Å². The van der Waals surface area contributed by atoms with Crippen molar-refractivity contribution in [2.24, 2.45) is 0 Å². The van der Waals surface area contributed by atoms with Crippen molar-refractivity contribution in [1.29, 1.82) is 0 Å². The largest absolute Gasteiger partial charge is 0.361 e. The number of anilines is 1. The Bertz CT molecular complexity index is 691. The Hall–Kier alpha value is -2.26. The van der Waals surface area contributed by atoms with Crippen LogP contribution in [0.3, 0.4) is 0 Å². The van der Waals surface area contributed by atoms with Gasteiger partial charge in [0.1, 0.15) is 0 Å². The molecule has 0 unspecified atom stereocenters. The second kappa shape index (κ2) is 5.59. The Morgan fingerprint density at radius 1 is 0.947 bits per heavy atom. The van der Waals surface area contributed by atoms with Gasteiger partial charge in [-0.15, -0.1) is 12.4 Å². The monoisotopic (exact) mass is 272 g/mol. The van der Waals surface area contributed by atoms with E-state index in [0.717, 1.165) is 16.6 Å². The summed E-state index contributed by atoms with van der Waals surface area (Å²) in [6.07, 6.45) is 1.86. The van der Waals surface area contributed by atoms with Gasteiger partial charge in [-0.2, -0.15) is 0 Å². The van der Waals surface area contributed by atoms with Gasteiger partial charge in [-0.05, 0) is 30.3 Å². The van der Waals surface area contributed by atoms with Crippen molar-refractivity contribution in [3.05, 3.63) is 66.4 Å². The summed E-state index contributed by atoms with van der Waals surface area (Å²) in [6, 6.07) is 16.9. The van der Waals surface area contributed by atoms with Crippen LogP contribution in [-0.2, 0) is 0 Å². The molecule has 2 N–H and O–H groups in total. The van der Waals surface area contributed by atoms with E-state index in [-0.39, 0.29) is 18.3 Å². The molecule has 19 heavy (non-hydrogen) atoms. The maximum Gasteiger partial charge on any atom is 0.255 e. The summed E-state index contributed by atoms with van der Waals surface area (Å²) in [5.74, 6) is -0.0932. The second-order valence-corrected chi connectivity index (χ2v) is 4.06. The highest BCUT2D eigenvalue weighted by molar-refractivity contribution is 6.08. The van der Waals surface area contributed by atoms with E-state index in [1.54, 1.807) is 12.1 Å². The van der Waals surface area contributed by atoms with E-state index in [2.05, 4.69) is 10.3 Å². The number of hydrogen-bond acceptors (Lipinski definition) is 1. The van der Waals surface area contributed by atoms with Crippen LogP contribution in [0.25, 0.3) is 10.9 Å². The van der Waals surface area contributed by atoms with Crippen LogP contribution in [-0.4, -0.2) is 10.9 Å². The van der Waals surface area contributed by atoms with E-state index in [1.807, 2.05) is 48.7 Å². The number of benzene rings is 2. The van der Waals surface area contributed by atoms with Crippen molar-refractivity contribution in [3.63, 3.8) is 0 Å². The Kier molecular flexibility index (Phi) is 3.88. The number of H-pyrrole nitrogens is 1. The minimum atomic E-state index is -0.0932. The van der Waals surface area contributed by atoms with Gasteiger partial charge in [0.05, 0.1) is 5.69 Å². The van der Waals surface area contributed by atoms with E-state index in [9.17, 15) is 4.79 Å². The number of hydrogen-bond donors (Lipinski definition) is 2. The number of amides is 1. The van der Waals surface area contributed by atoms with Crippen molar-refractivity contribution in [3.8, 4) is 0 Å². The topological polar surface area (TPSA) is 44.9 Å². The summed E-state index contributed by atoms with van der Waals surface area (Å²) >= 11 is 0. The van der Waals surface area contributed by atoms with Crippen LogP contribution < -0.4 is 5.32 Å². The summed E-state index contributed by atoms with van der Waals surface area (Å²) in [5.41, 5.74) is 2.49. The standard InChI is InChI=1S/C15H12N2O.ClH/c18-15(11-5-2-1-3-6-11)17-14-8-4-7-13-12(14)9-10-16-13;/h1-10,16H,(H,17,18);1H. The van der Waals surface area contributed by atoms with E-state index >= 15 is 0 Å².